The molecule has 1 aromatic heterocycles. The number of ketones is 1. The lowest BCUT2D eigenvalue weighted by molar-refractivity contribution is 0.101. The van der Waals surface area contributed by atoms with Crippen LogP contribution in [0.15, 0.2) is 30.3 Å². The first-order chi connectivity index (χ1) is 8.11. The Hall–Kier alpha value is -1.45. The lowest BCUT2D eigenvalue weighted by Crippen LogP contribution is -2.01. The van der Waals surface area contributed by atoms with Crippen LogP contribution in [0, 0.1) is 0 Å². The number of carbonyl (C=O) groups is 1. The molecule has 1 heterocycles. The minimum atomic E-state index is -0.230. The minimum absolute atomic E-state index is 0.0298. The van der Waals surface area contributed by atoms with Crippen LogP contribution >= 0.6 is 23.2 Å². The summed E-state index contributed by atoms with van der Waals surface area (Å²) in [6.45, 7) is 1.39. The summed E-state index contributed by atoms with van der Waals surface area (Å²) in [5.41, 5.74) is 1.47. The van der Waals surface area contributed by atoms with Gasteiger partial charge in [-0.3, -0.25) is 4.79 Å². The molecule has 5 heteroatoms. The zero-order valence-electron chi connectivity index (χ0n) is 8.95. The number of carbonyl (C=O) groups excluding carboxylic acids is 1. The average Bonchev–Trinajstić information content (AvgIpc) is 2.30. The van der Waals surface area contributed by atoms with Gasteiger partial charge in [0.2, 0.25) is 0 Å². The van der Waals surface area contributed by atoms with Crippen LogP contribution < -0.4 is 0 Å². The van der Waals surface area contributed by atoms with Crippen molar-refractivity contribution in [1.82, 2.24) is 10.2 Å². The molecule has 2 rings (SSSR count). The fourth-order valence-electron chi connectivity index (χ4n) is 1.48. The molecule has 17 heavy (non-hydrogen) atoms. The Bertz CT molecular complexity index is 570. The molecule has 0 unspecified atom stereocenters. The van der Waals surface area contributed by atoms with Crippen LogP contribution in [0.1, 0.15) is 17.3 Å². The monoisotopic (exact) mass is 266 g/mol. The van der Waals surface area contributed by atoms with E-state index in [0.717, 1.165) is 5.56 Å². The van der Waals surface area contributed by atoms with E-state index in [-0.39, 0.29) is 21.5 Å². The number of hydrogen-bond acceptors (Lipinski definition) is 3. The molecule has 0 aliphatic rings. The summed E-state index contributed by atoms with van der Waals surface area (Å²) in [4.78, 5) is 11.4. The van der Waals surface area contributed by atoms with Gasteiger partial charge in [-0.15, -0.1) is 10.2 Å². The summed E-state index contributed by atoms with van der Waals surface area (Å²) in [6.07, 6.45) is 0. The molecule has 0 N–H and O–H groups in total. The number of hydrogen-bond donors (Lipinski definition) is 0. The lowest BCUT2D eigenvalue weighted by atomic mass is 10.1. The van der Waals surface area contributed by atoms with Gasteiger partial charge in [0.25, 0.3) is 0 Å². The van der Waals surface area contributed by atoms with Gasteiger partial charge in [-0.2, -0.15) is 0 Å². The van der Waals surface area contributed by atoms with Gasteiger partial charge in [0.05, 0.1) is 10.6 Å². The van der Waals surface area contributed by atoms with Gasteiger partial charge in [-0.05, 0) is 6.92 Å². The first-order valence-electron chi connectivity index (χ1n) is 4.89. The molecule has 0 radical (unpaired) electrons. The molecular formula is C12H8Cl2N2O. The molecule has 0 saturated carbocycles. The molecule has 0 bridgehead atoms. The van der Waals surface area contributed by atoms with Crippen LogP contribution in [0.3, 0.4) is 0 Å². The van der Waals surface area contributed by atoms with Crippen molar-refractivity contribution in [3.8, 4) is 11.3 Å². The number of benzene rings is 1. The Kier molecular flexibility index (Phi) is 3.41. The molecule has 0 fully saturated rings. The first-order valence-corrected chi connectivity index (χ1v) is 5.65. The normalized spacial score (nSPS) is 10.3. The van der Waals surface area contributed by atoms with Crippen LogP contribution in [-0.2, 0) is 0 Å². The predicted octanol–water partition coefficient (Wildman–Crippen LogP) is 3.65. The second kappa shape index (κ2) is 4.82. The van der Waals surface area contributed by atoms with E-state index >= 15 is 0 Å². The maximum atomic E-state index is 11.4. The summed E-state index contributed by atoms with van der Waals surface area (Å²) in [7, 11) is 0. The van der Waals surface area contributed by atoms with Crippen LogP contribution in [0.4, 0.5) is 0 Å². The van der Waals surface area contributed by atoms with E-state index < -0.39 is 0 Å². The highest BCUT2D eigenvalue weighted by Crippen LogP contribution is 2.31. The highest BCUT2D eigenvalue weighted by atomic mass is 35.5. The van der Waals surface area contributed by atoms with E-state index in [2.05, 4.69) is 10.2 Å². The summed E-state index contributed by atoms with van der Waals surface area (Å²) in [5, 5.41) is 7.94. The van der Waals surface area contributed by atoms with Crippen LogP contribution in [-0.4, -0.2) is 16.0 Å². The Labute approximate surface area is 108 Å². The Balaban J connectivity index is 2.66. The van der Waals surface area contributed by atoms with Crippen LogP contribution in [0.25, 0.3) is 11.3 Å². The van der Waals surface area contributed by atoms with Gasteiger partial charge in [-0.1, -0.05) is 53.5 Å². The Morgan fingerprint density at radius 1 is 1.12 bits per heavy atom. The van der Waals surface area contributed by atoms with Gasteiger partial charge in [0, 0.05) is 5.56 Å². The van der Waals surface area contributed by atoms with Gasteiger partial charge in [-0.25, -0.2) is 0 Å². The van der Waals surface area contributed by atoms with Gasteiger partial charge in [0.1, 0.15) is 5.69 Å². The number of rotatable bonds is 2. The maximum Gasteiger partial charge on any atom is 0.164 e. The molecular weight excluding hydrogens is 259 g/mol. The van der Waals surface area contributed by atoms with Gasteiger partial charge in [0.15, 0.2) is 10.9 Å². The van der Waals surface area contributed by atoms with Gasteiger partial charge >= 0.3 is 0 Å². The van der Waals surface area contributed by atoms with Crippen molar-refractivity contribution >= 4 is 29.0 Å². The molecule has 0 saturated heterocycles. The number of Topliss-reactive ketones (excluding diaryl/α,β-unsaturated/α-hetero) is 1. The van der Waals surface area contributed by atoms with E-state index in [1.807, 2.05) is 30.3 Å². The first kappa shape index (κ1) is 12.0. The fourth-order valence-corrected chi connectivity index (χ4v) is 2.16. The topological polar surface area (TPSA) is 42.9 Å². The number of halogens is 2. The molecule has 2 aromatic rings. The summed E-state index contributed by atoms with van der Waals surface area (Å²) in [5.74, 6) is -0.230. The zero-order chi connectivity index (χ0) is 12.4. The Morgan fingerprint density at radius 3 is 2.35 bits per heavy atom. The average molecular weight is 267 g/mol. The van der Waals surface area contributed by atoms with E-state index in [4.69, 9.17) is 23.2 Å². The van der Waals surface area contributed by atoms with Crippen molar-refractivity contribution in [3.63, 3.8) is 0 Å². The van der Waals surface area contributed by atoms with Crippen LogP contribution in [0.5, 0.6) is 0 Å². The van der Waals surface area contributed by atoms with Crippen molar-refractivity contribution in [1.29, 1.82) is 0 Å². The number of aromatic nitrogens is 2. The second-order valence-corrected chi connectivity index (χ2v) is 4.19. The van der Waals surface area contributed by atoms with E-state index in [1.165, 1.54) is 6.92 Å². The van der Waals surface area contributed by atoms with Crippen molar-refractivity contribution in [2.45, 2.75) is 6.92 Å². The SMILES string of the molecule is CC(=O)c1c(Cl)nnc(-c2ccccc2)c1Cl. The van der Waals surface area contributed by atoms with E-state index in [9.17, 15) is 4.79 Å². The third kappa shape index (κ3) is 2.30. The highest BCUT2D eigenvalue weighted by molar-refractivity contribution is 6.40. The molecule has 0 aliphatic heterocycles. The van der Waals surface area contributed by atoms with Crippen molar-refractivity contribution in [3.05, 3.63) is 46.1 Å². The van der Waals surface area contributed by atoms with Crippen LogP contribution in [0.2, 0.25) is 10.2 Å². The molecule has 86 valence electrons. The molecule has 1 aromatic carbocycles. The smallest absolute Gasteiger partial charge is 0.164 e. The zero-order valence-corrected chi connectivity index (χ0v) is 10.5. The maximum absolute atomic E-state index is 11.4. The van der Waals surface area contributed by atoms with E-state index in [1.54, 1.807) is 0 Å². The van der Waals surface area contributed by atoms with Crippen molar-refractivity contribution < 1.29 is 4.79 Å². The predicted molar refractivity (Wildman–Crippen MR) is 67.5 cm³/mol. The van der Waals surface area contributed by atoms with E-state index in [0.29, 0.717) is 5.69 Å². The largest absolute Gasteiger partial charge is 0.294 e. The third-order valence-electron chi connectivity index (χ3n) is 2.27. The second-order valence-electron chi connectivity index (χ2n) is 3.45. The molecule has 0 amide bonds. The fraction of sp³-hybridized carbons (Fsp3) is 0.0833. The summed E-state index contributed by atoms with van der Waals surface area (Å²) >= 11 is 11.9. The molecule has 3 nitrogen and oxygen atoms in total. The summed E-state index contributed by atoms with van der Waals surface area (Å²) < 4.78 is 0. The third-order valence-corrected chi connectivity index (χ3v) is 2.90. The number of nitrogens with zero attached hydrogens (tertiary/aromatic N) is 2. The Morgan fingerprint density at radius 2 is 1.76 bits per heavy atom. The molecule has 0 aliphatic carbocycles. The molecule has 0 atom stereocenters. The quantitative estimate of drug-likeness (QED) is 0.780. The lowest BCUT2D eigenvalue weighted by Gasteiger charge is -2.07. The highest BCUT2D eigenvalue weighted by Gasteiger charge is 2.18. The van der Waals surface area contributed by atoms with Crippen molar-refractivity contribution in [2.24, 2.45) is 0 Å². The van der Waals surface area contributed by atoms with Crippen molar-refractivity contribution in [2.75, 3.05) is 0 Å². The minimum Gasteiger partial charge on any atom is -0.294 e. The molecule has 0 spiro atoms. The summed E-state index contributed by atoms with van der Waals surface area (Å²) in [6, 6.07) is 9.28. The standard InChI is InChI=1S/C12H8Cl2N2O/c1-7(17)9-10(13)11(15-16-12(9)14)8-5-3-2-4-6-8/h2-6H,1H3. The van der Waals surface area contributed by atoms with Gasteiger partial charge < -0.3 is 0 Å².